The van der Waals surface area contributed by atoms with Crippen molar-refractivity contribution in [2.75, 3.05) is 11.9 Å². The molecular weight excluding hydrogens is 192 g/mol. The molecule has 1 aromatic heterocycles. The van der Waals surface area contributed by atoms with Crippen LogP contribution < -0.4 is 5.32 Å². The maximum absolute atomic E-state index is 4.21. The van der Waals surface area contributed by atoms with E-state index in [1.54, 1.807) is 11.3 Å². The molecule has 0 amide bonds. The number of thiazole rings is 1. The van der Waals surface area contributed by atoms with E-state index in [1.165, 1.54) is 0 Å². The van der Waals surface area contributed by atoms with E-state index in [1.807, 2.05) is 11.6 Å². The molecule has 80 valence electrons. The third-order valence-corrected chi connectivity index (χ3v) is 3.36. The molecule has 0 bridgehead atoms. The van der Waals surface area contributed by atoms with Gasteiger partial charge in [0.2, 0.25) is 0 Å². The van der Waals surface area contributed by atoms with Gasteiger partial charge in [-0.05, 0) is 17.8 Å². The van der Waals surface area contributed by atoms with E-state index in [-0.39, 0.29) is 0 Å². The molecule has 1 N–H and O–H groups in total. The van der Waals surface area contributed by atoms with Gasteiger partial charge in [-0.1, -0.05) is 27.7 Å². The van der Waals surface area contributed by atoms with Crippen LogP contribution in [0, 0.1) is 17.8 Å². The van der Waals surface area contributed by atoms with Crippen LogP contribution in [0.4, 0.5) is 5.13 Å². The highest BCUT2D eigenvalue weighted by molar-refractivity contribution is 7.13. The molecule has 0 unspecified atom stereocenters. The Morgan fingerprint density at radius 2 is 1.93 bits per heavy atom. The second-order valence-corrected chi connectivity index (χ2v) is 5.26. The maximum Gasteiger partial charge on any atom is 0.182 e. The molecule has 3 heteroatoms. The Bertz CT molecular complexity index is 234. The van der Waals surface area contributed by atoms with Crippen molar-refractivity contribution in [3.05, 3.63) is 11.6 Å². The predicted molar refractivity (Wildman–Crippen MR) is 63.8 cm³/mol. The fourth-order valence-electron chi connectivity index (χ4n) is 1.76. The lowest BCUT2D eigenvalue weighted by molar-refractivity contribution is 0.304. The molecule has 0 spiro atoms. The van der Waals surface area contributed by atoms with E-state index in [9.17, 15) is 0 Å². The smallest absolute Gasteiger partial charge is 0.182 e. The maximum atomic E-state index is 4.21. The summed E-state index contributed by atoms with van der Waals surface area (Å²) in [5.74, 6) is 2.17. The van der Waals surface area contributed by atoms with Gasteiger partial charge in [0.15, 0.2) is 5.13 Å². The molecule has 0 aromatic carbocycles. The summed E-state index contributed by atoms with van der Waals surface area (Å²) in [6.45, 7) is 10.2. The van der Waals surface area contributed by atoms with Crippen molar-refractivity contribution in [1.29, 1.82) is 0 Å². The van der Waals surface area contributed by atoms with Gasteiger partial charge < -0.3 is 5.32 Å². The highest BCUT2D eigenvalue weighted by Crippen LogP contribution is 2.21. The van der Waals surface area contributed by atoms with Crippen molar-refractivity contribution in [3.8, 4) is 0 Å². The minimum Gasteiger partial charge on any atom is -0.361 e. The van der Waals surface area contributed by atoms with Crippen LogP contribution in [-0.4, -0.2) is 11.5 Å². The summed E-state index contributed by atoms with van der Waals surface area (Å²) in [4.78, 5) is 4.21. The lowest BCUT2D eigenvalue weighted by atomic mass is 9.86. The molecule has 0 aliphatic heterocycles. The number of anilines is 1. The predicted octanol–water partition coefficient (Wildman–Crippen LogP) is 3.48. The molecule has 0 fully saturated rings. The van der Waals surface area contributed by atoms with Crippen LogP contribution in [0.25, 0.3) is 0 Å². The third kappa shape index (κ3) is 3.29. The Morgan fingerprint density at radius 1 is 1.29 bits per heavy atom. The van der Waals surface area contributed by atoms with Gasteiger partial charge in [-0.15, -0.1) is 11.3 Å². The summed E-state index contributed by atoms with van der Waals surface area (Å²) >= 11 is 1.67. The summed E-state index contributed by atoms with van der Waals surface area (Å²) < 4.78 is 0. The fraction of sp³-hybridized carbons (Fsp3) is 0.727. The molecule has 0 saturated carbocycles. The largest absolute Gasteiger partial charge is 0.361 e. The minimum absolute atomic E-state index is 0.721. The number of nitrogens with zero attached hydrogens (tertiary/aromatic N) is 1. The summed E-state index contributed by atoms with van der Waals surface area (Å²) in [6, 6.07) is 0. The SMILES string of the molecule is CC(C)C(CNc1nccs1)C(C)C. The third-order valence-electron chi connectivity index (χ3n) is 2.63. The summed E-state index contributed by atoms with van der Waals surface area (Å²) in [5, 5.41) is 6.44. The Hall–Kier alpha value is -0.570. The average molecular weight is 212 g/mol. The van der Waals surface area contributed by atoms with Gasteiger partial charge in [-0.3, -0.25) is 0 Å². The Balaban J connectivity index is 2.41. The molecule has 1 heterocycles. The topological polar surface area (TPSA) is 24.9 Å². The molecule has 0 radical (unpaired) electrons. The quantitative estimate of drug-likeness (QED) is 0.808. The van der Waals surface area contributed by atoms with Crippen LogP contribution in [-0.2, 0) is 0 Å². The van der Waals surface area contributed by atoms with Crippen LogP contribution in [0.5, 0.6) is 0 Å². The standard InChI is InChI=1S/C11H20N2S/c1-8(2)10(9(3)4)7-13-11-12-5-6-14-11/h5-6,8-10H,7H2,1-4H3,(H,12,13). The van der Waals surface area contributed by atoms with Crippen LogP contribution >= 0.6 is 11.3 Å². The first-order valence-electron chi connectivity index (χ1n) is 5.24. The van der Waals surface area contributed by atoms with Crippen molar-refractivity contribution in [3.63, 3.8) is 0 Å². The van der Waals surface area contributed by atoms with Gasteiger partial charge in [0.25, 0.3) is 0 Å². The van der Waals surface area contributed by atoms with E-state index in [2.05, 4.69) is 38.0 Å². The summed E-state index contributed by atoms with van der Waals surface area (Å²) in [6.07, 6.45) is 1.84. The summed E-state index contributed by atoms with van der Waals surface area (Å²) in [7, 11) is 0. The fourth-order valence-corrected chi connectivity index (χ4v) is 2.30. The Labute approximate surface area is 90.8 Å². The zero-order chi connectivity index (χ0) is 10.6. The average Bonchev–Trinajstić information content (AvgIpc) is 2.55. The first-order valence-corrected chi connectivity index (χ1v) is 6.12. The van der Waals surface area contributed by atoms with Crippen molar-refractivity contribution in [2.45, 2.75) is 27.7 Å². The highest BCUT2D eigenvalue weighted by Gasteiger charge is 2.17. The normalized spacial score (nSPS) is 11.6. The zero-order valence-corrected chi connectivity index (χ0v) is 10.3. The van der Waals surface area contributed by atoms with Crippen LogP contribution in [0.2, 0.25) is 0 Å². The van der Waals surface area contributed by atoms with Crippen LogP contribution in [0.15, 0.2) is 11.6 Å². The number of hydrogen-bond donors (Lipinski definition) is 1. The molecule has 0 aliphatic rings. The Kier molecular flexibility index (Phi) is 4.39. The molecule has 0 atom stereocenters. The zero-order valence-electron chi connectivity index (χ0n) is 9.45. The first-order chi connectivity index (χ1) is 6.61. The molecule has 0 aliphatic carbocycles. The molecule has 1 rings (SSSR count). The minimum atomic E-state index is 0.721. The van der Waals surface area contributed by atoms with Crippen molar-refractivity contribution in [2.24, 2.45) is 17.8 Å². The van der Waals surface area contributed by atoms with Gasteiger partial charge in [-0.2, -0.15) is 0 Å². The second kappa shape index (κ2) is 5.35. The van der Waals surface area contributed by atoms with Crippen molar-refractivity contribution >= 4 is 16.5 Å². The van der Waals surface area contributed by atoms with Gasteiger partial charge in [-0.25, -0.2) is 4.98 Å². The highest BCUT2D eigenvalue weighted by atomic mass is 32.1. The molecule has 14 heavy (non-hydrogen) atoms. The van der Waals surface area contributed by atoms with Gasteiger partial charge in [0.05, 0.1) is 0 Å². The second-order valence-electron chi connectivity index (χ2n) is 4.37. The van der Waals surface area contributed by atoms with E-state index in [4.69, 9.17) is 0 Å². The molecule has 1 aromatic rings. The van der Waals surface area contributed by atoms with Crippen molar-refractivity contribution in [1.82, 2.24) is 4.98 Å². The molecule has 0 saturated heterocycles. The first kappa shape index (κ1) is 11.5. The Morgan fingerprint density at radius 3 is 2.36 bits per heavy atom. The number of nitrogens with one attached hydrogen (secondary N) is 1. The lowest BCUT2D eigenvalue weighted by Gasteiger charge is -2.24. The van der Waals surface area contributed by atoms with Crippen molar-refractivity contribution < 1.29 is 0 Å². The van der Waals surface area contributed by atoms with E-state index in [0.29, 0.717) is 0 Å². The summed E-state index contributed by atoms with van der Waals surface area (Å²) in [5.41, 5.74) is 0. The van der Waals surface area contributed by atoms with Gasteiger partial charge in [0.1, 0.15) is 0 Å². The van der Waals surface area contributed by atoms with Crippen LogP contribution in [0.3, 0.4) is 0 Å². The number of aromatic nitrogens is 1. The molecular formula is C11H20N2S. The van der Waals surface area contributed by atoms with E-state index >= 15 is 0 Å². The lowest BCUT2D eigenvalue weighted by Crippen LogP contribution is -2.24. The number of rotatable bonds is 5. The number of hydrogen-bond acceptors (Lipinski definition) is 3. The molecule has 2 nitrogen and oxygen atoms in total. The van der Waals surface area contributed by atoms with Crippen LogP contribution in [0.1, 0.15) is 27.7 Å². The van der Waals surface area contributed by atoms with Gasteiger partial charge >= 0.3 is 0 Å². The van der Waals surface area contributed by atoms with E-state index in [0.717, 1.165) is 29.4 Å². The monoisotopic (exact) mass is 212 g/mol. The van der Waals surface area contributed by atoms with E-state index < -0.39 is 0 Å². The van der Waals surface area contributed by atoms with Gasteiger partial charge in [0, 0.05) is 18.1 Å².